The highest BCUT2D eigenvalue weighted by Crippen LogP contribution is 2.15. The Hall–Kier alpha value is -1.30. The Balaban J connectivity index is 2.14. The van der Waals surface area contributed by atoms with Crippen LogP contribution in [0.2, 0.25) is 5.02 Å². The van der Waals surface area contributed by atoms with Gasteiger partial charge in [0.25, 0.3) is 0 Å². The van der Waals surface area contributed by atoms with Crippen molar-refractivity contribution in [3.05, 3.63) is 53.3 Å². The number of rotatable bonds is 4. The van der Waals surface area contributed by atoms with E-state index in [2.05, 4.69) is 9.71 Å². The SMILES string of the molecule is O=S(=O)(NCc1cc[nH]c1)c1cccc(Cl)c1. The third-order valence-electron chi connectivity index (χ3n) is 2.24. The highest BCUT2D eigenvalue weighted by atomic mass is 35.5. The second-order valence-corrected chi connectivity index (χ2v) is 5.70. The van der Waals surface area contributed by atoms with Crippen molar-refractivity contribution < 1.29 is 8.42 Å². The molecule has 0 saturated heterocycles. The van der Waals surface area contributed by atoms with Gasteiger partial charge in [-0.15, -0.1) is 0 Å². The highest BCUT2D eigenvalue weighted by Gasteiger charge is 2.13. The molecule has 0 amide bonds. The van der Waals surface area contributed by atoms with Crippen molar-refractivity contribution >= 4 is 21.6 Å². The minimum absolute atomic E-state index is 0.167. The molecular weight excluding hydrogens is 260 g/mol. The molecule has 0 aliphatic carbocycles. The molecule has 0 fully saturated rings. The molecule has 90 valence electrons. The molecule has 0 radical (unpaired) electrons. The third-order valence-corrected chi connectivity index (χ3v) is 3.87. The molecule has 1 heterocycles. The first-order valence-corrected chi connectivity index (χ1v) is 6.81. The maximum Gasteiger partial charge on any atom is 0.240 e. The van der Waals surface area contributed by atoms with Crippen LogP contribution in [0.25, 0.3) is 0 Å². The monoisotopic (exact) mass is 270 g/mol. The van der Waals surface area contributed by atoms with E-state index in [4.69, 9.17) is 11.6 Å². The average molecular weight is 271 g/mol. The standard InChI is InChI=1S/C11H11ClN2O2S/c12-10-2-1-3-11(6-10)17(15,16)14-8-9-4-5-13-7-9/h1-7,13-14H,8H2. The van der Waals surface area contributed by atoms with Gasteiger partial charge in [-0.2, -0.15) is 0 Å². The molecule has 4 nitrogen and oxygen atoms in total. The molecule has 0 bridgehead atoms. The van der Waals surface area contributed by atoms with Crippen LogP contribution in [0, 0.1) is 0 Å². The van der Waals surface area contributed by atoms with Crippen molar-refractivity contribution in [2.75, 3.05) is 0 Å². The average Bonchev–Trinajstić information content (AvgIpc) is 2.79. The molecule has 0 atom stereocenters. The van der Waals surface area contributed by atoms with Gasteiger partial charge in [0.2, 0.25) is 10.0 Å². The quantitative estimate of drug-likeness (QED) is 0.894. The molecule has 17 heavy (non-hydrogen) atoms. The van der Waals surface area contributed by atoms with Gasteiger partial charge in [0.1, 0.15) is 0 Å². The van der Waals surface area contributed by atoms with Gasteiger partial charge >= 0.3 is 0 Å². The fourth-order valence-corrected chi connectivity index (χ4v) is 2.68. The summed E-state index contributed by atoms with van der Waals surface area (Å²) in [5.41, 5.74) is 0.871. The lowest BCUT2D eigenvalue weighted by Gasteiger charge is -2.05. The van der Waals surface area contributed by atoms with Crippen molar-refractivity contribution in [2.45, 2.75) is 11.4 Å². The molecule has 2 aromatic rings. The van der Waals surface area contributed by atoms with E-state index in [0.29, 0.717) is 5.02 Å². The Morgan fingerprint density at radius 1 is 1.29 bits per heavy atom. The summed E-state index contributed by atoms with van der Waals surface area (Å²) in [6, 6.07) is 7.97. The van der Waals surface area contributed by atoms with Crippen molar-refractivity contribution in [2.24, 2.45) is 0 Å². The molecule has 0 aliphatic rings. The summed E-state index contributed by atoms with van der Waals surface area (Å²) in [4.78, 5) is 3.03. The van der Waals surface area contributed by atoms with Crippen molar-refractivity contribution in [3.63, 3.8) is 0 Å². The number of sulfonamides is 1. The molecule has 0 aliphatic heterocycles. The maximum absolute atomic E-state index is 11.9. The van der Waals surface area contributed by atoms with Crippen LogP contribution < -0.4 is 4.72 Å². The fourth-order valence-electron chi connectivity index (χ4n) is 1.36. The normalized spacial score (nSPS) is 11.6. The van der Waals surface area contributed by atoms with E-state index >= 15 is 0 Å². The van der Waals surface area contributed by atoms with E-state index < -0.39 is 10.0 Å². The predicted molar refractivity (Wildman–Crippen MR) is 66.3 cm³/mol. The smallest absolute Gasteiger partial charge is 0.240 e. The lowest BCUT2D eigenvalue weighted by Crippen LogP contribution is -2.22. The number of hydrogen-bond donors (Lipinski definition) is 2. The minimum Gasteiger partial charge on any atom is -0.367 e. The number of benzene rings is 1. The second-order valence-electron chi connectivity index (χ2n) is 3.50. The molecule has 0 spiro atoms. The molecule has 0 saturated carbocycles. The van der Waals surface area contributed by atoms with E-state index in [1.165, 1.54) is 12.1 Å². The van der Waals surface area contributed by atoms with Gasteiger partial charge in [-0.05, 0) is 29.8 Å². The lowest BCUT2D eigenvalue weighted by molar-refractivity contribution is 0.581. The first kappa shape index (κ1) is 12.2. The number of nitrogens with one attached hydrogen (secondary N) is 2. The Labute approximate surface area is 105 Å². The lowest BCUT2D eigenvalue weighted by atomic mass is 10.4. The molecule has 2 N–H and O–H groups in total. The molecule has 0 unspecified atom stereocenters. The van der Waals surface area contributed by atoms with Crippen LogP contribution in [0.1, 0.15) is 5.56 Å². The summed E-state index contributed by atoms with van der Waals surface area (Å²) in [7, 11) is -3.51. The Kier molecular flexibility index (Phi) is 3.51. The van der Waals surface area contributed by atoms with Crippen LogP contribution in [-0.2, 0) is 16.6 Å². The molecule has 6 heteroatoms. The summed E-state index contributed by atoms with van der Waals surface area (Å²) in [6.07, 6.45) is 3.48. The zero-order valence-corrected chi connectivity index (χ0v) is 10.4. The van der Waals surface area contributed by atoms with Crippen LogP contribution in [0.15, 0.2) is 47.6 Å². The highest BCUT2D eigenvalue weighted by molar-refractivity contribution is 7.89. The van der Waals surface area contributed by atoms with E-state index in [1.807, 2.05) is 0 Å². The van der Waals surface area contributed by atoms with E-state index in [9.17, 15) is 8.42 Å². The zero-order chi connectivity index (χ0) is 12.3. The van der Waals surface area contributed by atoms with Gasteiger partial charge in [0.15, 0.2) is 0 Å². The number of aromatic amines is 1. The van der Waals surface area contributed by atoms with Gasteiger partial charge in [0, 0.05) is 24.0 Å². The Morgan fingerprint density at radius 2 is 2.12 bits per heavy atom. The first-order valence-electron chi connectivity index (χ1n) is 4.95. The van der Waals surface area contributed by atoms with E-state index in [-0.39, 0.29) is 11.4 Å². The number of H-pyrrole nitrogens is 1. The van der Waals surface area contributed by atoms with Crippen LogP contribution in [0.4, 0.5) is 0 Å². The topological polar surface area (TPSA) is 62.0 Å². The summed E-state index contributed by atoms with van der Waals surface area (Å²) < 4.78 is 26.3. The van der Waals surface area contributed by atoms with Crippen LogP contribution in [0.3, 0.4) is 0 Å². The summed E-state index contributed by atoms with van der Waals surface area (Å²) in [5, 5.41) is 0.398. The number of hydrogen-bond acceptors (Lipinski definition) is 2. The first-order chi connectivity index (χ1) is 8.08. The van der Waals surface area contributed by atoms with Gasteiger partial charge < -0.3 is 4.98 Å². The number of halogens is 1. The molecular formula is C11H11ClN2O2S. The molecule has 1 aromatic heterocycles. The van der Waals surface area contributed by atoms with Gasteiger partial charge in [-0.1, -0.05) is 17.7 Å². The minimum atomic E-state index is -3.51. The molecule has 2 rings (SSSR count). The van der Waals surface area contributed by atoms with Gasteiger partial charge in [0.05, 0.1) is 4.90 Å². The molecule has 1 aromatic carbocycles. The Bertz CT molecular complexity index is 594. The van der Waals surface area contributed by atoms with Crippen molar-refractivity contribution in [1.29, 1.82) is 0 Å². The predicted octanol–water partition coefficient (Wildman–Crippen LogP) is 2.15. The van der Waals surface area contributed by atoms with Crippen molar-refractivity contribution in [1.82, 2.24) is 9.71 Å². The number of aromatic nitrogens is 1. The maximum atomic E-state index is 11.9. The van der Waals surface area contributed by atoms with E-state index in [1.54, 1.807) is 30.6 Å². The Morgan fingerprint density at radius 3 is 2.76 bits per heavy atom. The summed E-state index contributed by atoms with van der Waals surface area (Å²) in [6.45, 7) is 0.248. The summed E-state index contributed by atoms with van der Waals surface area (Å²) in [5.74, 6) is 0. The largest absolute Gasteiger partial charge is 0.367 e. The van der Waals surface area contributed by atoms with Crippen LogP contribution in [0.5, 0.6) is 0 Å². The zero-order valence-electron chi connectivity index (χ0n) is 8.85. The second kappa shape index (κ2) is 4.91. The van der Waals surface area contributed by atoms with Crippen LogP contribution in [-0.4, -0.2) is 13.4 Å². The van der Waals surface area contributed by atoms with Crippen LogP contribution >= 0.6 is 11.6 Å². The van der Waals surface area contributed by atoms with E-state index in [0.717, 1.165) is 5.56 Å². The van der Waals surface area contributed by atoms with Crippen molar-refractivity contribution in [3.8, 4) is 0 Å². The summed E-state index contributed by atoms with van der Waals surface area (Å²) >= 11 is 5.75. The van der Waals surface area contributed by atoms with Gasteiger partial charge in [-0.25, -0.2) is 13.1 Å². The fraction of sp³-hybridized carbons (Fsp3) is 0.0909. The van der Waals surface area contributed by atoms with Gasteiger partial charge in [-0.3, -0.25) is 0 Å². The third kappa shape index (κ3) is 3.09.